The Morgan fingerprint density at radius 2 is 1.67 bits per heavy atom. The monoisotopic (exact) mass is 224 g/mol. The van der Waals surface area contributed by atoms with Crippen LogP contribution in [0.2, 0.25) is 0 Å². The Morgan fingerprint density at radius 1 is 1.20 bits per heavy atom. The van der Waals surface area contributed by atoms with Crippen LogP contribution in [0.4, 0.5) is 0 Å². The van der Waals surface area contributed by atoms with Crippen LogP contribution in [-0.4, -0.2) is 10.5 Å². The number of alkyl halides is 1. The van der Waals surface area contributed by atoms with Crippen LogP contribution in [0.5, 0.6) is 0 Å². The van der Waals surface area contributed by atoms with Gasteiger partial charge in [0.1, 0.15) is 0 Å². The smallest absolute Gasteiger partial charge is 0.0988 e. The zero-order chi connectivity index (χ0) is 11.4. The van der Waals surface area contributed by atoms with Crippen LogP contribution in [0, 0.1) is 0 Å². The van der Waals surface area contributed by atoms with Crippen LogP contribution in [0.15, 0.2) is 36.9 Å². The first-order valence-electron chi connectivity index (χ1n) is 5.10. The molecule has 1 aromatic rings. The van der Waals surface area contributed by atoms with Crippen molar-refractivity contribution in [2.45, 2.75) is 31.2 Å². The lowest BCUT2D eigenvalue weighted by Crippen LogP contribution is -2.09. The second kappa shape index (κ2) is 5.34. The summed E-state index contributed by atoms with van der Waals surface area (Å²) in [5, 5.41) is 9.38. The maximum atomic E-state index is 9.82. The third-order valence-electron chi connectivity index (χ3n) is 2.47. The molecular formula is C13H17ClO. The zero-order valence-electron chi connectivity index (χ0n) is 9.15. The number of benzene rings is 1. The molecule has 2 atom stereocenters. The van der Waals surface area contributed by atoms with E-state index in [1.807, 2.05) is 24.3 Å². The van der Waals surface area contributed by atoms with E-state index in [0.29, 0.717) is 5.92 Å². The van der Waals surface area contributed by atoms with Gasteiger partial charge in [0.15, 0.2) is 0 Å². The molecule has 2 heteroatoms. The largest absolute Gasteiger partial charge is 0.387 e. The summed E-state index contributed by atoms with van der Waals surface area (Å²) < 4.78 is 0. The van der Waals surface area contributed by atoms with Gasteiger partial charge in [0, 0.05) is 0 Å². The molecule has 0 spiro atoms. The molecule has 0 heterocycles. The summed E-state index contributed by atoms with van der Waals surface area (Å²) in [6.07, 6.45) is 0.869. The van der Waals surface area contributed by atoms with Crippen LogP contribution < -0.4 is 0 Å². The van der Waals surface area contributed by atoms with Crippen LogP contribution >= 0.6 is 11.6 Å². The molecule has 15 heavy (non-hydrogen) atoms. The molecule has 0 saturated heterocycles. The average molecular weight is 225 g/mol. The highest BCUT2D eigenvalue weighted by Crippen LogP contribution is 2.23. The van der Waals surface area contributed by atoms with Gasteiger partial charge < -0.3 is 5.11 Å². The Labute approximate surface area is 96.4 Å². The number of rotatable bonds is 4. The fraction of sp³-hybridized carbons (Fsp3) is 0.385. The molecular weight excluding hydrogens is 208 g/mol. The van der Waals surface area contributed by atoms with Crippen molar-refractivity contribution in [2.75, 3.05) is 0 Å². The Kier molecular flexibility index (Phi) is 4.37. The standard InChI is InChI=1S/C13H17ClO/c1-4-12(14)13(15)11-7-5-10(6-8-11)9(2)3/h4-9,12-13,15H,1H2,2-3H3/t12-,13-/m0/s1. The minimum atomic E-state index is -0.676. The molecule has 0 aliphatic heterocycles. The SMILES string of the molecule is C=C[C@H](Cl)[C@@H](O)c1ccc(C(C)C)cc1. The Bertz CT molecular complexity index is 316. The lowest BCUT2D eigenvalue weighted by molar-refractivity contribution is 0.185. The number of aliphatic hydroxyl groups is 1. The predicted molar refractivity (Wildman–Crippen MR) is 65.3 cm³/mol. The van der Waals surface area contributed by atoms with E-state index in [1.165, 1.54) is 5.56 Å². The van der Waals surface area contributed by atoms with Gasteiger partial charge in [-0.2, -0.15) is 0 Å². The first kappa shape index (κ1) is 12.3. The summed E-state index contributed by atoms with van der Waals surface area (Å²) in [5.41, 5.74) is 2.09. The first-order valence-corrected chi connectivity index (χ1v) is 5.54. The molecule has 0 aromatic heterocycles. The van der Waals surface area contributed by atoms with Gasteiger partial charge in [0.25, 0.3) is 0 Å². The van der Waals surface area contributed by atoms with E-state index in [-0.39, 0.29) is 0 Å². The molecule has 0 aliphatic carbocycles. The Hall–Kier alpha value is -0.790. The summed E-state index contributed by atoms with van der Waals surface area (Å²) in [4.78, 5) is 0. The van der Waals surface area contributed by atoms with Crippen molar-refractivity contribution in [1.82, 2.24) is 0 Å². The number of aliphatic hydroxyl groups excluding tert-OH is 1. The maximum absolute atomic E-state index is 9.82. The Balaban J connectivity index is 2.84. The average Bonchev–Trinajstić information content (AvgIpc) is 2.27. The topological polar surface area (TPSA) is 20.2 Å². The summed E-state index contributed by atoms with van der Waals surface area (Å²) in [5.74, 6) is 0.502. The van der Waals surface area contributed by atoms with Gasteiger partial charge in [-0.1, -0.05) is 44.2 Å². The van der Waals surface area contributed by atoms with Gasteiger partial charge in [0.2, 0.25) is 0 Å². The molecule has 82 valence electrons. The van der Waals surface area contributed by atoms with E-state index >= 15 is 0 Å². The summed E-state index contributed by atoms with van der Waals surface area (Å²) in [7, 11) is 0. The fourth-order valence-electron chi connectivity index (χ4n) is 1.39. The first-order chi connectivity index (χ1) is 7.06. The van der Waals surface area contributed by atoms with Gasteiger partial charge in [-0.3, -0.25) is 0 Å². The minimum Gasteiger partial charge on any atom is -0.387 e. The van der Waals surface area contributed by atoms with E-state index in [2.05, 4.69) is 20.4 Å². The second-order valence-electron chi connectivity index (χ2n) is 3.95. The molecule has 0 saturated carbocycles. The van der Waals surface area contributed by atoms with Crippen molar-refractivity contribution in [1.29, 1.82) is 0 Å². The normalized spacial score (nSPS) is 15.0. The lowest BCUT2D eigenvalue weighted by atomic mass is 9.99. The van der Waals surface area contributed by atoms with Crippen LogP contribution in [0.25, 0.3) is 0 Å². The number of hydrogen-bond acceptors (Lipinski definition) is 1. The number of hydrogen-bond donors (Lipinski definition) is 1. The van der Waals surface area contributed by atoms with Crippen molar-refractivity contribution in [3.63, 3.8) is 0 Å². The molecule has 0 amide bonds. The highest BCUT2D eigenvalue weighted by Gasteiger charge is 2.15. The molecule has 0 bridgehead atoms. The van der Waals surface area contributed by atoms with Crippen molar-refractivity contribution >= 4 is 11.6 Å². The van der Waals surface area contributed by atoms with Crippen molar-refractivity contribution < 1.29 is 5.11 Å². The van der Waals surface area contributed by atoms with Gasteiger partial charge >= 0.3 is 0 Å². The fourth-order valence-corrected chi connectivity index (χ4v) is 1.54. The van der Waals surface area contributed by atoms with E-state index in [9.17, 15) is 5.11 Å². The summed E-state index contributed by atoms with van der Waals surface area (Å²) in [6, 6.07) is 7.88. The van der Waals surface area contributed by atoms with E-state index in [0.717, 1.165) is 5.56 Å². The molecule has 1 N–H and O–H groups in total. The van der Waals surface area contributed by atoms with E-state index < -0.39 is 11.5 Å². The molecule has 1 aromatic carbocycles. The van der Waals surface area contributed by atoms with Crippen LogP contribution in [0.3, 0.4) is 0 Å². The number of halogens is 1. The Morgan fingerprint density at radius 3 is 2.07 bits per heavy atom. The maximum Gasteiger partial charge on any atom is 0.0988 e. The lowest BCUT2D eigenvalue weighted by Gasteiger charge is -2.14. The van der Waals surface area contributed by atoms with Crippen molar-refractivity contribution in [2.24, 2.45) is 0 Å². The van der Waals surface area contributed by atoms with Gasteiger partial charge in [0.05, 0.1) is 11.5 Å². The van der Waals surface area contributed by atoms with E-state index in [4.69, 9.17) is 11.6 Å². The summed E-state index contributed by atoms with van der Waals surface area (Å²) >= 11 is 5.88. The highest BCUT2D eigenvalue weighted by atomic mass is 35.5. The third-order valence-corrected chi connectivity index (χ3v) is 2.89. The minimum absolute atomic E-state index is 0.435. The van der Waals surface area contributed by atoms with Crippen molar-refractivity contribution in [3.8, 4) is 0 Å². The molecule has 0 unspecified atom stereocenters. The third kappa shape index (κ3) is 3.08. The zero-order valence-corrected chi connectivity index (χ0v) is 9.91. The van der Waals surface area contributed by atoms with Gasteiger partial charge in [-0.15, -0.1) is 18.2 Å². The quantitative estimate of drug-likeness (QED) is 0.612. The highest BCUT2D eigenvalue weighted by molar-refractivity contribution is 6.22. The van der Waals surface area contributed by atoms with Crippen molar-refractivity contribution in [3.05, 3.63) is 48.0 Å². The molecule has 1 rings (SSSR count). The van der Waals surface area contributed by atoms with Crippen LogP contribution in [-0.2, 0) is 0 Å². The van der Waals surface area contributed by atoms with E-state index in [1.54, 1.807) is 6.08 Å². The molecule has 0 fully saturated rings. The summed E-state index contributed by atoms with van der Waals surface area (Å²) in [6.45, 7) is 7.84. The van der Waals surface area contributed by atoms with Gasteiger partial charge in [-0.25, -0.2) is 0 Å². The molecule has 0 aliphatic rings. The van der Waals surface area contributed by atoms with Gasteiger partial charge in [-0.05, 0) is 17.0 Å². The second-order valence-corrected chi connectivity index (χ2v) is 4.45. The van der Waals surface area contributed by atoms with Crippen LogP contribution in [0.1, 0.15) is 37.0 Å². The predicted octanol–water partition coefficient (Wildman–Crippen LogP) is 3.64. The molecule has 0 radical (unpaired) electrons. The molecule has 1 nitrogen and oxygen atoms in total.